The molecule has 5 heteroatoms. The molecular weight excluding hydrogens is 582 g/mol. The van der Waals surface area contributed by atoms with Crippen molar-refractivity contribution in [2.75, 3.05) is 6.61 Å². The first kappa shape index (κ1) is 45.6. The molecule has 276 valence electrons. The Morgan fingerprint density at radius 2 is 0.872 bits per heavy atom. The molecule has 1 amide bonds. The molecule has 0 saturated carbocycles. The molecule has 0 fully saturated rings. The van der Waals surface area contributed by atoms with Gasteiger partial charge in [0.25, 0.3) is 0 Å². The highest BCUT2D eigenvalue weighted by atomic mass is 16.3. The Bertz CT molecular complexity index is 734. The topological polar surface area (TPSA) is 89.8 Å². The average Bonchev–Trinajstić information content (AvgIpc) is 3.07. The van der Waals surface area contributed by atoms with Crippen LogP contribution in [0, 0.1) is 0 Å². The van der Waals surface area contributed by atoms with Gasteiger partial charge in [-0.3, -0.25) is 4.79 Å². The second-order valence-corrected chi connectivity index (χ2v) is 13.8. The summed E-state index contributed by atoms with van der Waals surface area (Å²) < 4.78 is 0. The summed E-state index contributed by atoms with van der Waals surface area (Å²) in [6, 6.07) is -0.817. The van der Waals surface area contributed by atoms with Gasteiger partial charge in [-0.2, -0.15) is 0 Å². The minimum atomic E-state index is -1.10. The second kappa shape index (κ2) is 37.4. The molecule has 0 aliphatic carbocycles. The predicted molar refractivity (Wildman–Crippen MR) is 204 cm³/mol. The highest BCUT2D eigenvalue weighted by Gasteiger charge is 2.22. The largest absolute Gasteiger partial charge is 0.394 e. The number of carbonyl (C=O) groups is 1. The van der Waals surface area contributed by atoms with Crippen LogP contribution in [0.1, 0.15) is 200 Å². The van der Waals surface area contributed by atoms with E-state index < -0.39 is 24.2 Å². The number of hydrogen-bond acceptors (Lipinski definition) is 4. The van der Waals surface area contributed by atoms with Crippen molar-refractivity contribution >= 4 is 5.91 Å². The number of aliphatic hydroxyl groups is 3. The first-order chi connectivity index (χ1) is 23.1. The molecule has 0 aromatic carbocycles. The molecule has 0 aliphatic heterocycles. The SMILES string of the molecule is CCCC/C=C/CC/C=C/CC/C=C/C(O)C(CO)NC(=O)C(O)CCCCCCCCCCCCCCCCCCCCCCC. The lowest BCUT2D eigenvalue weighted by Gasteiger charge is -2.21. The monoisotopic (exact) mass is 662 g/mol. The molecule has 47 heavy (non-hydrogen) atoms. The number of rotatable bonds is 36. The van der Waals surface area contributed by atoms with Crippen molar-refractivity contribution in [2.24, 2.45) is 0 Å². The molecule has 0 rings (SSSR count). The summed E-state index contributed by atoms with van der Waals surface area (Å²) in [5.41, 5.74) is 0. The smallest absolute Gasteiger partial charge is 0.249 e. The molecule has 4 N–H and O–H groups in total. The number of allylic oxidation sites excluding steroid dienone is 5. The van der Waals surface area contributed by atoms with Crippen LogP contribution in [0.15, 0.2) is 36.5 Å². The fourth-order valence-corrected chi connectivity index (χ4v) is 5.97. The molecule has 5 nitrogen and oxygen atoms in total. The van der Waals surface area contributed by atoms with Crippen LogP contribution >= 0.6 is 0 Å². The van der Waals surface area contributed by atoms with E-state index in [1.807, 2.05) is 6.08 Å². The van der Waals surface area contributed by atoms with Crippen LogP contribution < -0.4 is 5.32 Å². The third kappa shape index (κ3) is 32.9. The van der Waals surface area contributed by atoms with Gasteiger partial charge in [-0.05, 0) is 38.5 Å². The van der Waals surface area contributed by atoms with E-state index in [4.69, 9.17) is 0 Å². The van der Waals surface area contributed by atoms with Crippen LogP contribution in [0.4, 0.5) is 0 Å². The lowest BCUT2D eigenvalue weighted by molar-refractivity contribution is -0.131. The molecule has 0 spiro atoms. The number of nitrogens with one attached hydrogen (secondary N) is 1. The van der Waals surface area contributed by atoms with Crippen LogP contribution in [0.5, 0.6) is 0 Å². The Kier molecular flexibility index (Phi) is 36.3. The van der Waals surface area contributed by atoms with Gasteiger partial charge in [-0.15, -0.1) is 0 Å². The maximum atomic E-state index is 12.4. The van der Waals surface area contributed by atoms with Gasteiger partial charge in [0.1, 0.15) is 6.10 Å². The van der Waals surface area contributed by atoms with Crippen molar-refractivity contribution in [3.8, 4) is 0 Å². The lowest BCUT2D eigenvalue weighted by atomic mass is 10.0. The standard InChI is InChI=1S/C42H79NO4/c1-3-5-7-9-11-13-15-17-18-19-20-21-22-23-24-25-27-29-31-33-35-37-41(46)42(47)43-39(38-44)40(45)36-34-32-30-28-26-16-14-12-10-8-6-4-2/h10,12,26,28,34,36,39-41,44-46H,3-9,11,13-25,27,29-33,35,37-38H2,1-2H3,(H,43,47)/b12-10+,28-26+,36-34+. The molecule has 3 atom stereocenters. The van der Waals surface area contributed by atoms with Gasteiger partial charge in [0.05, 0.1) is 18.8 Å². The normalized spacial score (nSPS) is 14.1. The molecule has 0 radical (unpaired) electrons. The van der Waals surface area contributed by atoms with Crippen molar-refractivity contribution in [2.45, 2.75) is 218 Å². The second-order valence-electron chi connectivity index (χ2n) is 13.8. The molecular formula is C42H79NO4. The Morgan fingerprint density at radius 1 is 0.511 bits per heavy atom. The summed E-state index contributed by atoms with van der Waals surface area (Å²) in [5.74, 6) is -0.517. The van der Waals surface area contributed by atoms with Crippen molar-refractivity contribution < 1.29 is 20.1 Å². The van der Waals surface area contributed by atoms with Crippen molar-refractivity contribution in [3.63, 3.8) is 0 Å². The summed E-state index contributed by atoms with van der Waals surface area (Å²) in [7, 11) is 0. The van der Waals surface area contributed by atoms with E-state index in [2.05, 4.69) is 43.5 Å². The van der Waals surface area contributed by atoms with Crippen molar-refractivity contribution in [3.05, 3.63) is 36.5 Å². The number of aliphatic hydroxyl groups excluding tert-OH is 3. The first-order valence-electron chi connectivity index (χ1n) is 20.3. The molecule has 0 aromatic rings. The third-order valence-corrected chi connectivity index (χ3v) is 9.21. The van der Waals surface area contributed by atoms with E-state index in [9.17, 15) is 20.1 Å². The number of hydrogen-bond donors (Lipinski definition) is 4. The van der Waals surface area contributed by atoms with Gasteiger partial charge in [-0.1, -0.05) is 198 Å². The van der Waals surface area contributed by atoms with Gasteiger partial charge in [-0.25, -0.2) is 0 Å². The quantitative estimate of drug-likeness (QED) is 0.0397. The summed E-state index contributed by atoms with van der Waals surface area (Å²) in [6.45, 7) is 4.11. The number of unbranched alkanes of at least 4 members (excludes halogenated alkanes) is 24. The van der Waals surface area contributed by atoms with Gasteiger partial charge < -0.3 is 20.6 Å². The summed E-state index contributed by atoms with van der Waals surface area (Å²) in [6.07, 6.45) is 46.0. The zero-order valence-corrected chi connectivity index (χ0v) is 31.2. The molecule has 0 heterocycles. The van der Waals surface area contributed by atoms with E-state index in [1.54, 1.807) is 6.08 Å². The van der Waals surface area contributed by atoms with Crippen LogP contribution in [0.2, 0.25) is 0 Å². The van der Waals surface area contributed by atoms with E-state index in [1.165, 1.54) is 135 Å². The van der Waals surface area contributed by atoms with E-state index >= 15 is 0 Å². The fraction of sp³-hybridized carbons (Fsp3) is 0.833. The Labute approximate surface area is 292 Å². The Hall–Kier alpha value is -1.43. The molecule has 0 bridgehead atoms. The maximum absolute atomic E-state index is 12.4. The van der Waals surface area contributed by atoms with Crippen LogP contribution in [-0.4, -0.2) is 46.1 Å². The van der Waals surface area contributed by atoms with Crippen molar-refractivity contribution in [1.82, 2.24) is 5.32 Å². The average molecular weight is 662 g/mol. The fourth-order valence-electron chi connectivity index (χ4n) is 5.97. The van der Waals surface area contributed by atoms with Crippen molar-refractivity contribution in [1.29, 1.82) is 0 Å². The van der Waals surface area contributed by atoms with Crippen LogP contribution in [0.3, 0.4) is 0 Å². The molecule has 0 saturated heterocycles. The Balaban J connectivity index is 3.68. The summed E-state index contributed by atoms with van der Waals surface area (Å²) in [4.78, 5) is 12.4. The van der Waals surface area contributed by atoms with Crippen LogP contribution in [-0.2, 0) is 4.79 Å². The first-order valence-corrected chi connectivity index (χ1v) is 20.3. The van der Waals surface area contributed by atoms with Gasteiger partial charge >= 0.3 is 0 Å². The maximum Gasteiger partial charge on any atom is 0.249 e. The minimum Gasteiger partial charge on any atom is -0.394 e. The van der Waals surface area contributed by atoms with E-state index in [-0.39, 0.29) is 6.61 Å². The molecule has 3 unspecified atom stereocenters. The van der Waals surface area contributed by atoms with Gasteiger partial charge in [0.15, 0.2) is 0 Å². The minimum absolute atomic E-state index is 0.380. The van der Waals surface area contributed by atoms with E-state index in [0.29, 0.717) is 6.42 Å². The zero-order valence-electron chi connectivity index (χ0n) is 31.2. The highest BCUT2D eigenvalue weighted by Crippen LogP contribution is 2.15. The Morgan fingerprint density at radius 3 is 1.28 bits per heavy atom. The number of amides is 1. The summed E-state index contributed by atoms with van der Waals surface area (Å²) >= 11 is 0. The zero-order chi connectivity index (χ0) is 34.5. The third-order valence-electron chi connectivity index (χ3n) is 9.21. The summed E-state index contributed by atoms with van der Waals surface area (Å²) in [5, 5.41) is 33.0. The lowest BCUT2D eigenvalue weighted by Crippen LogP contribution is -2.48. The molecule has 0 aliphatic rings. The van der Waals surface area contributed by atoms with Gasteiger partial charge in [0.2, 0.25) is 5.91 Å². The van der Waals surface area contributed by atoms with Crippen LogP contribution in [0.25, 0.3) is 0 Å². The molecule has 0 aromatic heterocycles. The number of carbonyl (C=O) groups excluding carboxylic acids is 1. The highest BCUT2D eigenvalue weighted by molar-refractivity contribution is 5.80. The van der Waals surface area contributed by atoms with E-state index in [0.717, 1.165) is 44.9 Å². The predicted octanol–water partition coefficient (Wildman–Crippen LogP) is 11.2. The van der Waals surface area contributed by atoms with Gasteiger partial charge in [0, 0.05) is 0 Å².